The summed E-state index contributed by atoms with van der Waals surface area (Å²) in [6.07, 6.45) is 1.75. The minimum atomic E-state index is 0.427. The molecule has 0 radical (unpaired) electrons. The number of rotatable bonds is 1. The molecule has 1 aliphatic heterocycles. The van der Waals surface area contributed by atoms with E-state index in [2.05, 4.69) is 15.2 Å². The largest absolute Gasteiger partial charge is 0.483 e. The van der Waals surface area contributed by atoms with Gasteiger partial charge in [-0.25, -0.2) is 0 Å². The van der Waals surface area contributed by atoms with E-state index in [1.807, 2.05) is 47.0 Å². The molecule has 0 N–H and O–H groups in total. The third-order valence-electron chi connectivity index (χ3n) is 3.09. The van der Waals surface area contributed by atoms with Crippen molar-refractivity contribution in [1.29, 1.82) is 0 Å². The molecule has 92 valence electrons. The van der Waals surface area contributed by atoms with Gasteiger partial charge in [0.05, 0.1) is 5.69 Å². The van der Waals surface area contributed by atoms with Crippen LogP contribution in [0.3, 0.4) is 0 Å². The molecule has 0 amide bonds. The highest BCUT2D eigenvalue weighted by atomic mass is 16.5. The Bertz CT molecular complexity index is 736. The Morgan fingerprint density at radius 2 is 1.89 bits per heavy atom. The molecule has 4 rings (SSSR count). The minimum absolute atomic E-state index is 0.427. The Labute approximate surface area is 109 Å². The van der Waals surface area contributed by atoms with Crippen molar-refractivity contribution >= 4 is 0 Å². The van der Waals surface area contributed by atoms with Crippen molar-refractivity contribution < 1.29 is 4.74 Å². The fourth-order valence-corrected chi connectivity index (χ4v) is 2.23. The maximum absolute atomic E-state index is 5.66. The Hall–Kier alpha value is -2.69. The molecular formula is C14H10N4O. The summed E-state index contributed by atoms with van der Waals surface area (Å²) in [6.45, 7) is 0.427. The molecule has 0 fully saturated rings. The normalized spacial score (nSPS) is 12.4. The molecule has 0 atom stereocenters. The molecule has 0 spiro atoms. The molecule has 3 heterocycles. The smallest absolute Gasteiger partial charge is 0.187 e. The van der Waals surface area contributed by atoms with Crippen LogP contribution >= 0.6 is 0 Å². The van der Waals surface area contributed by atoms with E-state index < -0.39 is 0 Å². The fourth-order valence-electron chi connectivity index (χ4n) is 2.23. The second kappa shape index (κ2) is 3.91. The third kappa shape index (κ3) is 1.52. The number of ether oxygens (including phenoxy) is 1. The van der Waals surface area contributed by atoms with Crippen LogP contribution in [0.2, 0.25) is 0 Å². The van der Waals surface area contributed by atoms with Crippen LogP contribution in [-0.4, -0.2) is 19.7 Å². The van der Waals surface area contributed by atoms with Crippen LogP contribution in [0.5, 0.6) is 5.75 Å². The van der Waals surface area contributed by atoms with Gasteiger partial charge in [-0.2, -0.15) is 0 Å². The van der Waals surface area contributed by atoms with Crippen molar-refractivity contribution in [2.75, 3.05) is 0 Å². The number of aromatic nitrogens is 4. The van der Waals surface area contributed by atoms with E-state index in [0.717, 1.165) is 28.8 Å². The number of fused-ring (bicyclic) bond motifs is 3. The van der Waals surface area contributed by atoms with Gasteiger partial charge in [0.1, 0.15) is 18.1 Å². The zero-order valence-corrected chi connectivity index (χ0v) is 10.0. The van der Waals surface area contributed by atoms with Crippen LogP contribution in [-0.2, 0) is 6.61 Å². The first-order chi connectivity index (χ1) is 9.43. The highest BCUT2D eigenvalue weighted by Gasteiger charge is 2.23. The van der Waals surface area contributed by atoms with E-state index in [-0.39, 0.29) is 0 Å². The molecule has 0 aliphatic carbocycles. The lowest BCUT2D eigenvalue weighted by molar-refractivity contribution is 0.279. The van der Waals surface area contributed by atoms with Gasteiger partial charge in [-0.3, -0.25) is 9.55 Å². The van der Waals surface area contributed by atoms with Gasteiger partial charge in [0.2, 0.25) is 0 Å². The first kappa shape index (κ1) is 10.3. The van der Waals surface area contributed by atoms with Gasteiger partial charge in [0.15, 0.2) is 11.6 Å². The number of benzene rings is 1. The zero-order valence-electron chi connectivity index (χ0n) is 10.0. The summed E-state index contributed by atoms with van der Waals surface area (Å²) in [5.41, 5.74) is 1.76. The molecule has 0 saturated carbocycles. The first-order valence-corrected chi connectivity index (χ1v) is 6.01. The Morgan fingerprint density at radius 1 is 1.00 bits per heavy atom. The monoisotopic (exact) mass is 250 g/mol. The maximum atomic E-state index is 5.66. The van der Waals surface area contributed by atoms with Gasteiger partial charge in [-0.15, -0.1) is 10.2 Å². The summed E-state index contributed by atoms with van der Waals surface area (Å²) in [4.78, 5) is 4.34. The zero-order chi connectivity index (χ0) is 12.7. The highest BCUT2D eigenvalue weighted by Crippen LogP contribution is 2.32. The topological polar surface area (TPSA) is 52.8 Å². The summed E-state index contributed by atoms with van der Waals surface area (Å²) in [5, 5.41) is 8.42. The van der Waals surface area contributed by atoms with E-state index in [1.165, 1.54) is 0 Å². The van der Waals surface area contributed by atoms with Gasteiger partial charge >= 0.3 is 0 Å². The first-order valence-electron chi connectivity index (χ1n) is 6.01. The quantitative estimate of drug-likeness (QED) is 0.664. The Morgan fingerprint density at radius 3 is 2.79 bits per heavy atom. The molecule has 2 aromatic heterocycles. The number of pyridine rings is 1. The van der Waals surface area contributed by atoms with Gasteiger partial charge < -0.3 is 4.74 Å². The lowest BCUT2D eigenvalue weighted by Gasteiger charge is -2.19. The number of para-hydroxylation sites is 2. The van der Waals surface area contributed by atoms with Gasteiger partial charge in [0.25, 0.3) is 0 Å². The van der Waals surface area contributed by atoms with Crippen molar-refractivity contribution in [1.82, 2.24) is 19.7 Å². The molecule has 1 aliphatic rings. The van der Waals surface area contributed by atoms with Crippen LogP contribution in [0, 0.1) is 0 Å². The van der Waals surface area contributed by atoms with Crippen LogP contribution in [0.15, 0.2) is 48.7 Å². The average Bonchev–Trinajstić information content (AvgIpc) is 2.92. The van der Waals surface area contributed by atoms with Gasteiger partial charge in [-0.1, -0.05) is 18.2 Å². The average molecular weight is 250 g/mol. The molecular weight excluding hydrogens is 240 g/mol. The summed E-state index contributed by atoms with van der Waals surface area (Å²) >= 11 is 0. The summed E-state index contributed by atoms with van der Waals surface area (Å²) in [7, 11) is 0. The van der Waals surface area contributed by atoms with E-state index in [9.17, 15) is 0 Å². The molecule has 0 saturated heterocycles. The molecule has 1 aromatic carbocycles. The van der Waals surface area contributed by atoms with Crippen molar-refractivity contribution in [3.05, 3.63) is 54.5 Å². The Kier molecular flexibility index (Phi) is 2.11. The van der Waals surface area contributed by atoms with E-state index in [1.54, 1.807) is 6.20 Å². The van der Waals surface area contributed by atoms with Crippen molar-refractivity contribution in [2.45, 2.75) is 6.61 Å². The standard InChI is InChI=1S/C14H10N4O/c1-2-7-12-11(6-1)18-13(9-19-12)16-17-14(18)10-5-3-4-8-15-10/h1-8H,9H2. The molecule has 19 heavy (non-hydrogen) atoms. The predicted octanol–water partition coefficient (Wildman–Crippen LogP) is 2.22. The van der Waals surface area contributed by atoms with Crippen LogP contribution in [0.1, 0.15) is 5.82 Å². The highest BCUT2D eigenvalue weighted by molar-refractivity contribution is 5.58. The van der Waals surface area contributed by atoms with E-state index in [0.29, 0.717) is 6.61 Å². The van der Waals surface area contributed by atoms with Crippen LogP contribution in [0.4, 0.5) is 0 Å². The molecule has 5 heteroatoms. The van der Waals surface area contributed by atoms with Gasteiger partial charge in [0, 0.05) is 6.20 Å². The number of hydrogen-bond acceptors (Lipinski definition) is 4. The Balaban J connectivity index is 1.97. The van der Waals surface area contributed by atoms with Crippen molar-refractivity contribution in [3.8, 4) is 23.0 Å². The molecule has 3 aromatic rings. The molecule has 0 unspecified atom stereocenters. The predicted molar refractivity (Wildman–Crippen MR) is 68.9 cm³/mol. The minimum Gasteiger partial charge on any atom is -0.483 e. The van der Waals surface area contributed by atoms with Crippen LogP contribution < -0.4 is 4.74 Å². The third-order valence-corrected chi connectivity index (χ3v) is 3.09. The lowest BCUT2D eigenvalue weighted by Crippen LogP contribution is -2.13. The maximum Gasteiger partial charge on any atom is 0.187 e. The number of nitrogens with zero attached hydrogens (tertiary/aromatic N) is 4. The van der Waals surface area contributed by atoms with Gasteiger partial charge in [-0.05, 0) is 24.3 Å². The molecule has 0 bridgehead atoms. The SMILES string of the molecule is c1ccc(-c2nnc3n2-c2ccccc2OC3)nc1. The summed E-state index contributed by atoms with van der Waals surface area (Å²) < 4.78 is 7.66. The summed E-state index contributed by atoms with van der Waals surface area (Å²) in [6, 6.07) is 13.6. The van der Waals surface area contributed by atoms with E-state index >= 15 is 0 Å². The van der Waals surface area contributed by atoms with Crippen molar-refractivity contribution in [3.63, 3.8) is 0 Å². The second-order valence-electron chi connectivity index (χ2n) is 4.25. The molecule has 5 nitrogen and oxygen atoms in total. The van der Waals surface area contributed by atoms with Crippen molar-refractivity contribution in [2.24, 2.45) is 0 Å². The summed E-state index contributed by atoms with van der Waals surface area (Å²) in [5.74, 6) is 2.37. The lowest BCUT2D eigenvalue weighted by atomic mass is 10.2. The van der Waals surface area contributed by atoms with E-state index in [4.69, 9.17) is 4.74 Å². The van der Waals surface area contributed by atoms with Crippen LogP contribution in [0.25, 0.3) is 17.2 Å². The second-order valence-corrected chi connectivity index (χ2v) is 4.25. The number of hydrogen-bond donors (Lipinski definition) is 0. The fraction of sp³-hybridized carbons (Fsp3) is 0.0714.